The summed E-state index contributed by atoms with van der Waals surface area (Å²) in [5.74, 6) is -1.79. The summed E-state index contributed by atoms with van der Waals surface area (Å²) in [7, 11) is 0. The molecule has 2 aromatic rings. The molecule has 1 amide bonds. The molecule has 11 heteroatoms. The number of alkyl halides is 3. The van der Waals surface area contributed by atoms with Gasteiger partial charge in [0.25, 0.3) is 11.5 Å². The molecule has 1 aromatic heterocycles. The van der Waals surface area contributed by atoms with Crippen LogP contribution in [0.3, 0.4) is 0 Å². The van der Waals surface area contributed by atoms with Gasteiger partial charge in [0.2, 0.25) is 0 Å². The molecule has 38 heavy (non-hydrogen) atoms. The van der Waals surface area contributed by atoms with Gasteiger partial charge in [0.05, 0.1) is 17.8 Å². The van der Waals surface area contributed by atoms with Gasteiger partial charge in [0.1, 0.15) is 5.82 Å². The fourth-order valence-corrected chi connectivity index (χ4v) is 5.98. The van der Waals surface area contributed by atoms with E-state index in [1.165, 1.54) is 19.3 Å². The Bertz CT molecular complexity index is 1270. The van der Waals surface area contributed by atoms with Gasteiger partial charge in [0, 0.05) is 37.5 Å². The van der Waals surface area contributed by atoms with Gasteiger partial charge in [-0.05, 0) is 56.3 Å². The van der Waals surface area contributed by atoms with E-state index in [1.807, 2.05) is 34.9 Å². The number of carboxylic acids is 1. The number of halogens is 3. The van der Waals surface area contributed by atoms with Crippen molar-refractivity contribution in [1.82, 2.24) is 19.4 Å². The topological polar surface area (TPSA) is 95.7 Å². The van der Waals surface area contributed by atoms with Crippen LogP contribution < -0.4 is 5.56 Å². The maximum Gasteiger partial charge on any atom is 0.490 e. The van der Waals surface area contributed by atoms with Crippen LogP contribution in [0, 0.1) is 5.41 Å². The molecule has 6 rings (SSSR count). The normalized spacial score (nSPS) is 20.7. The van der Waals surface area contributed by atoms with E-state index in [-0.39, 0.29) is 16.9 Å². The number of hydrogen-bond donors (Lipinski definition) is 1. The molecule has 0 atom stereocenters. The van der Waals surface area contributed by atoms with Gasteiger partial charge >= 0.3 is 12.1 Å². The highest BCUT2D eigenvalue weighted by molar-refractivity contribution is 5.94. The number of likely N-dealkylation sites (tertiary alicyclic amines) is 1. The summed E-state index contributed by atoms with van der Waals surface area (Å²) in [6, 6.07) is 10.2. The number of hydrogen-bond acceptors (Lipinski definition) is 5. The number of aromatic nitrogens is 2. The van der Waals surface area contributed by atoms with E-state index in [2.05, 4.69) is 4.90 Å². The molecule has 4 aliphatic rings. The smallest absolute Gasteiger partial charge is 0.475 e. The number of rotatable bonds is 2. The number of carboxylic acid groups (broad SMARTS) is 1. The Morgan fingerprint density at radius 3 is 2.29 bits per heavy atom. The van der Waals surface area contributed by atoms with Gasteiger partial charge in [-0.2, -0.15) is 13.2 Å². The van der Waals surface area contributed by atoms with E-state index >= 15 is 0 Å². The molecule has 1 aromatic carbocycles. The molecule has 0 unspecified atom stereocenters. The Labute approximate surface area is 218 Å². The second kappa shape index (κ2) is 10.2. The lowest BCUT2D eigenvalue weighted by atomic mass is 9.76. The summed E-state index contributed by atoms with van der Waals surface area (Å²) in [5.41, 5.74) is 2.60. The van der Waals surface area contributed by atoms with Crippen LogP contribution in [-0.4, -0.2) is 68.2 Å². The number of fused-ring (bicyclic) bond motifs is 2. The summed E-state index contributed by atoms with van der Waals surface area (Å²) in [4.78, 5) is 44.7. The van der Waals surface area contributed by atoms with Crippen LogP contribution in [0.2, 0.25) is 0 Å². The Hall–Kier alpha value is -3.21. The molecule has 4 heterocycles. The minimum Gasteiger partial charge on any atom is -0.475 e. The van der Waals surface area contributed by atoms with Crippen LogP contribution in [-0.2, 0) is 30.7 Å². The third-order valence-electron chi connectivity index (χ3n) is 8.42. The third-order valence-corrected chi connectivity index (χ3v) is 8.42. The predicted octanol–water partition coefficient (Wildman–Crippen LogP) is 3.27. The lowest BCUT2D eigenvalue weighted by Crippen LogP contribution is -2.48. The first kappa shape index (κ1) is 26.4. The molecular formula is C27H31F3N4O4. The number of carbonyl (C=O) groups excluding carboxylic acids is 1. The molecule has 0 bridgehead atoms. The monoisotopic (exact) mass is 532 g/mol. The zero-order chi connectivity index (χ0) is 27.1. The minimum absolute atomic E-state index is 0.00372. The van der Waals surface area contributed by atoms with Crippen molar-refractivity contribution in [3.8, 4) is 0 Å². The Morgan fingerprint density at radius 1 is 1.05 bits per heavy atom. The number of carbonyl (C=O) groups is 2. The lowest BCUT2D eigenvalue weighted by Gasteiger charge is -2.45. The summed E-state index contributed by atoms with van der Waals surface area (Å²) >= 11 is 0. The quantitative estimate of drug-likeness (QED) is 0.638. The van der Waals surface area contributed by atoms with E-state index in [9.17, 15) is 22.8 Å². The first-order valence-corrected chi connectivity index (χ1v) is 13.1. The molecular weight excluding hydrogens is 501 g/mol. The molecule has 8 nitrogen and oxygen atoms in total. The first-order valence-electron chi connectivity index (χ1n) is 13.1. The van der Waals surface area contributed by atoms with E-state index in [0.717, 1.165) is 62.0 Å². The van der Waals surface area contributed by atoms with Gasteiger partial charge < -0.3 is 14.9 Å². The van der Waals surface area contributed by atoms with Crippen LogP contribution in [0.5, 0.6) is 0 Å². The molecule has 204 valence electrons. The number of amides is 1. The molecule has 1 spiro atoms. The fourth-order valence-electron chi connectivity index (χ4n) is 5.98. The van der Waals surface area contributed by atoms with Crippen LogP contribution in [0.1, 0.15) is 59.5 Å². The maximum atomic E-state index is 13.4. The van der Waals surface area contributed by atoms with Crippen molar-refractivity contribution in [2.45, 2.75) is 70.3 Å². The highest BCUT2D eigenvalue weighted by Gasteiger charge is 2.44. The second-order valence-electron chi connectivity index (χ2n) is 10.8. The van der Waals surface area contributed by atoms with Crippen molar-refractivity contribution in [3.63, 3.8) is 0 Å². The van der Waals surface area contributed by atoms with Crippen molar-refractivity contribution >= 4 is 11.9 Å². The fraction of sp³-hybridized carbons (Fsp3) is 0.556. The van der Waals surface area contributed by atoms with E-state index in [0.29, 0.717) is 25.1 Å². The standard InChI is InChI=1S/C25H30N4O2.C2HF3O2/c30-23(18-5-2-1-3-6-18)28-12-9-21-20(16-28)24(31)29-17-25(15-22(29)26-21)10-13-27(14-11-25)19-7-4-8-19;3-2(4,5)1(6)7/h1-3,5-6,19H,4,7-17H2;(H,6,7). The van der Waals surface area contributed by atoms with E-state index in [1.54, 1.807) is 4.90 Å². The number of benzene rings is 1. The van der Waals surface area contributed by atoms with Crippen LogP contribution >= 0.6 is 0 Å². The summed E-state index contributed by atoms with van der Waals surface area (Å²) in [6.45, 7) is 4.11. The SMILES string of the molecule is O=C(O)C(F)(F)F.O=C(c1ccccc1)N1CCc2nc3n(c(=O)c2C1)CC1(CCN(C2CCC2)CC1)C3. The average molecular weight is 533 g/mol. The van der Waals surface area contributed by atoms with Gasteiger partial charge in [-0.25, -0.2) is 9.78 Å². The zero-order valence-corrected chi connectivity index (χ0v) is 21.0. The van der Waals surface area contributed by atoms with Gasteiger partial charge in [-0.15, -0.1) is 0 Å². The zero-order valence-electron chi connectivity index (χ0n) is 21.0. The molecule has 1 saturated carbocycles. The highest BCUT2D eigenvalue weighted by Crippen LogP contribution is 2.42. The predicted molar refractivity (Wildman–Crippen MR) is 132 cm³/mol. The number of aliphatic carboxylic acids is 1. The number of nitrogens with zero attached hydrogens (tertiary/aromatic N) is 4. The van der Waals surface area contributed by atoms with Crippen LogP contribution in [0.4, 0.5) is 13.2 Å². The number of piperidine rings is 1. The van der Waals surface area contributed by atoms with E-state index in [4.69, 9.17) is 14.9 Å². The minimum atomic E-state index is -5.08. The Morgan fingerprint density at radius 2 is 1.71 bits per heavy atom. The van der Waals surface area contributed by atoms with Crippen LogP contribution in [0.15, 0.2) is 35.1 Å². The van der Waals surface area contributed by atoms with Gasteiger partial charge in [0.15, 0.2) is 0 Å². The van der Waals surface area contributed by atoms with Crippen LogP contribution in [0.25, 0.3) is 0 Å². The molecule has 0 radical (unpaired) electrons. The molecule has 1 aliphatic carbocycles. The van der Waals surface area contributed by atoms with Crippen molar-refractivity contribution in [2.24, 2.45) is 5.41 Å². The van der Waals surface area contributed by atoms with Gasteiger partial charge in [-0.1, -0.05) is 24.6 Å². The van der Waals surface area contributed by atoms with Crippen molar-refractivity contribution in [2.75, 3.05) is 19.6 Å². The summed E-state index contributed by atoms with van der Waals surface area (Å²) in [5, 5.41) is 7.12. The van der Waals surface area contributed by atoms with Gasteiger partial charge in [-0.3, -0.25) is 14.2 Å². The molecule has 3 aliphatic heterocycles. The maximum absolute atomic E-state index is 13.4. The largest absolute Gasteiger partial charge is 0.490 e. The summed E-state index contributed by atoms with van der Waals surface area (Å²) < 4.78 is 33.7. The van der Waals surface area contributed by atoms with Crippen molar-refractivity contribution < 1.29 is 27.9 Å². The second-order valence-corrected chi connectivity index (χ2v) is 10.8. The third kappa shape index (κ3) is 5.21. The van der Waals surface area contributed by atoms with Crippen molar-refractivity contribution in [1.29, 1.82) is 0 Å². The average Bonchev–Trinajstić information content (AvgIpc) is 3.22. The van der Waals surface area contributed by atoms with Crippen molar-refractivity contribution in [3.05, 3.63) is 63.3 Å². The molecule has 1 N–H and O–H groups in total. The Balaban J connectivity index is 0.000000374. The molecule has 1 saturated heterocycles. The molecule has 2 fully saturated rings. The first-order chi connectivity index (χ1) is 18.1. The lowest BCUT2D eigenvalue weighted by molar-refractivity contribution is -0.192. The van der Waals surface area contributed by atoms with E-state index < -0.39 is 12.1 Å². The highest BCUT2D eigenvalue weighted by atomic mass is 19.4. The Kier molecular flexibility index (Phi) is 7.06. The summed E-state index contributed by atoms with van der Waals surface area (Å²) in [6.07, 6.45) is 2.94.